The largest absolute Gasteiger partial charge is 0.417 e. The molecule has 0 amide bonds. The lowest BCUT2D eigenvalue weighted by Crippen LogP contribution is -2.31. The number of carbonyl (C=O) groups is 1. The molecule has 0 spiro atoms. The van der Waals surface area contributed by atoms with Crippen LogP contribution in [0.3, 0.4) is 0 Å². The normalized spacial score (nSPS) is 17.6. The van der Waals surface area contributed by atoms with Crippen LogP contribution in [0.15, 0.2) is 23.0 Å². The van der Waals surface area contributed by atoms with Crippen LogP contribution < -0.4 is 5.69 Å². The molecule has 1 atom stereocenters. The molecular formula is C15H13ClF3N3O2. The fourth-order valence-electron chi connectivity index (χ4n) is 2.86. The number of aromatic nitrogens is 3. The number of halogens is 4. The molecule has 3 rings (SSSR count). The zero-order valence-electron chi connectivity index (χ0n) is 12.4. The molecule has 0 saturated heterocycles. The molecule has 0 fully saturated rings. The van der Waals surface area contributed by atoms with Crippen LogP contribution in [0.25, 0.3) is 0 Å². The van der Waals surface area contributed by atoms with Gasteiger partial charge in [0.25, 0.3) is 0 Å². The summed E-state index contributed by atoms with van der Waals surface area (Å²) in [5, 5.41) is 3.75. The molecule has 1 unspecified atom stereocenters. The Kier molecular flexibility index (Phi) is 4.25. The molecule has 9 heteroatoms. The van der Waals surface area contributed by atoms with Crippen LogP contribution >= 0.6 is 11.6 Å². The van der Waals surface area contributed by atoms with Gasteiger partial charge in [0.05, 0.1) is 23.2 Å². The molecule has 1 aromatic heterocycles. The van der Waals surface area contributed by atoms with Gasteiger partial charge in [-0.15, -0.1) is 0 Å². The van der Waals surface area contributed by atoms with Gasteiger partial charge in [-0.3, -0.25) is 4.57 Å². The number of hydrogen-bond donors (Lipinski definition) is 0. The van der Waals surface area contributed by atoms with E-state index in [4.69, 9.17) is 11.6 Å². The summed E-state index contributed by atoms with van der Waals surface area (Å²) in [4.78, 5) is 23.5. The third-order valence-electron chi connectivity index (χ3n) is 4.00. The number of carbonyl (C=O) groups excluding carboxylic acids is 1. The van der Waals surface area contributed by atoms with Gasteiger partial charge in [-0.2, -0.15) is 18.3 Å². The first-order valence-corrected chi connectivity index (χ1v) is 7.68. The Hall–Kier alpha value is -2.09. The molecule has 0 N–H and O–H groups in total. The van der Waals surface area contributed by atoms with Gasteiger partial charge < -0.3 is 4.79 Å². The SMILES string of the molecule is O=CC1CCCc2nn(Cc3ccc(Cl)c(C(F)(F)F)c3)c(=O)n21. The van der Waals surface area contributed by atoms with Gasteiger partial charge in [0.2, 0.25) is 0 Å². The standard InChI is InChI=1S/C15H13ClF3N3O2/c16-12-5-4-9(6-11(12)15(17,18)19)7-21-14(24)22-10(8-23)2-1-3-13(22)20-21/h4-6,8,10H,1-3,7H2. The lowest BCUT2D eigenvalue weighted by molar-refractivity contribution is -0.137. The van der Waals surface area contributed by atoms with E-state index in [2.05, 4.69) is 5.10 Å². The fourth-order valence-corrected chi connectivity index (χ4v) is 3.08. The maximum Gasteiger partial charge on any atom is 0.417 e. The number of fused-ring (bicyclic) bond motifs is 1. The quantitative estimate of drug-likeness (QED) is 0.792. The number of benzene rings is 1. The molecule has 0 saturated carbocycles. The molecule has 2 aromatic rings. The summed E-state index contributed by atoms with van der Waals surface area (Å²) < 4.78 is 41.2. The minimum absolute atomic E-state index is 0.120. The average molecular weight is 360 g/mol. The van der Waals surface area contributed by atoms with E-state index in [0.717, 1.165) is 23.2 Å². The zero-order valence-corrected chi connectivity index (χ0v) is 13.1. The van der Waals surface area contributed by atoms with Crippen LogP contribution in [0.2, 0.25) is 5.02 Å². The predicted octanol–water partition coefficient (Wildman–Crippen LogP) is 2.84. The van der Waals surface area contributed by atoms with Gasteiger partial charge in [-0.1, -0.05) is 17.7 Å². The number of aryl methyl sites for hydroxylation is 1. The molecule has 2 heterocycles. The smallest absolute Gasteiger partial charge is 0.301 e. The Morgan fingerprint density at radius 1 is 1.38 bits per heavy atom. The van der Waals surface area contributed by atoms with E-state index in [-0.39, 0.29) is 12.1 Å². The Labute approximate surface area is 139 Å². The van der Waals surface area contributed by atoms with E-state index in [9.17, 15) is 22.8 Å². The highest BCUT2D eigenvalue weighted by Gasteiger charge is 2.33. The maximum atomic E-state index is 12.9. The van der Waals surface area contributed by atoms with Crippen molar-refractivity contribution in [3.63, 3.8) is 0 Å². The van der Waals surface area contributed by atoms with Gasteiger partial charge in [0.1, 0.15) is 12.1 Å². The van der Waals surface area contributed by atoms with Crippen LogP contribution in [0, 0.1) is 0 Å². The molecule has 0 aliphatic carbocycles. The molecule has 24 heavy (non-hydrogen) atoms. The zero-order chi connectivity index (χ0) is 17.5. The van der Waals surface area contributed by atoms with Gasteiger partial charge in [0, 0.05) is 6.42 Å². The molecule has 128 valence electrons. The van der Waals surface area contributed by atoms with Crippen molar-refractivity contribution in [3.05, 3.63) is 50.7 Å². The molecular weight excluding hydrogens is 347 g/mol. The molecule has 5 nitrogen and oxygen atoms in total. The average Bonchev–Trinajstić information content (AvgIpc) is 2.84. The summed E-state index contributed by atoms with van der Waals surface area (Å²) in [6.45, 7) is -0.120. The van der Waals surface area contributed by atoms with Gasteiger partial charge in [-0.05, 0) is 30.5 Å². The number of nitrogens with zero attached hydrogens (tertiary/aromatic N) is 3. The van der Waals surface area contributed by atoms with E-state index < -0.39 is 28.5 Å². The van der Waals surface area contributed by atoms with E-state index in [1.165, 1.54) is 10.6 Å². The Morgan fingerprint density at radius 3 is 2.79 bits per heavy atom. The van der Waals surface area contributed by atoms with E-state index in [1.54, 1.807) is 0 Å². The Balaban J connectivity index is 1.97. The topological polar surface area (TPSA) is 56.9 Å². The number of aldehydes is 1. The Morgan fingerprint density at radius 2 is 2.12 bits per heavy atom. The van der Waals surface area contributed by atoms with Crippen molar-refractivity contribution in [1.29, 1.82) is 0 Å². The number of alkyl halides is 3. The van der Waals surface area contributed by atoms with Crippen molar-refractivity contribution in [2.24, 2.45) is 0 Å². The van der Waals surface area contributed by atoms with Crippen LogP contribution in [0.4, 0.5) is 13.2 Å². The first-order chi connectivity index (χ1) is 11.3. The van der Waals surface area contributed by atoms with Gasteiger partial charge >= 0.3 is 11.9 Å². The van der Waals surface area contributed by atoms with Crippen molar-refractivity contribution in [1.82, 2.24) is 14.3 Å². The summed E-state index contributed by atoms with van der Waals surface area (Å²) in [5.41, 5.74) is -1.19. The molecule has 0 bridgehead atoms. The van der Waals surface area contributed by atoms with Crippen LogP contribution in [-0.2, 0) is 23.9 Å². The summed E-state index contributed by atoms with van der Waals surface area (Å²) in [6, 6.07) is 2.91. The van der Waals surface area contributed by atoms with E-state index >= 15 is 0 Å². The molecule has 0 radical (unpaired) electrons. The third kappa shape index (κ3) is 2.98. The summed E-state index contributed by atoms with van der Waals surface area (Å²) in [5.74, 6) is 0.480. The van der Waals surface area contributed by atoms with Crippen LogP contribution in [-0.4, -0.2) is 20.6 Å². The monoisotopic (exact) mass is 359 g/mol. The Bertz CT molecular complexity index is 841. The second kappa shape index (κ2) is 6.08. The van der Waals surface area contributed by atoms with Crippen molar-refractivity contribution in [2.45, 2.75) is 38.0 Å². The van der Waals surface area contributed by atoms with Crippen molar-refractivity contribution in [2.75, 3.05) is 0 Å². The van der Waals surface area contributed by atoms with Crippen LogP contribution in [0.5, 0.6) is 0 Å². The second-order valence-corrected chi connectivity index (χ2v) is 6.04. The number of rotatable bonds is 3. The highest BCUT2D eigenvalue weighted by atomic mass is 35.5. The van der Waals surface area contributed by atoms with E-state index in [1.807, 2.05) is 0 Å². The molecule has 1 aliphatic rings. The summed E-state index contributed by atoms with van der Waals surface area (Å²) >= 11 is 5.59. The number of hydrogen-bond acceptors (Lipinski definition) is 3. The highest BCUT2D eigenvalue weighted by Crippen LogP contribution is 2.35. The predicted molar refractivity (Wildman–Crippen MR) is 80.1 cm³/mol. The van der Waals surface area contributed by atoms with Crippen molar-refractivity contribution >= 4 is 17.9 Å². The van der Waals surface area contributed by atoms with Crippen molar-refractivity contribution in [3.8, 4) is 0 Å². The minimum atomic E-state index is -4.58. The molecule has 1 aromatic carbocycles. The fraction of sp³-hybridized carbons (Fsp3) is 0.400. The second-order valence-electron chi connectivity index (χ2n) is 5.63. The highest BCUT2D eigenvalue weighted by molar-refractivity contribution is 6.31. The van der Waals surface area contributed by atoms with Gasteiger partial charge in [-0.25, -0.2) is 9.48 Å². The summed E-state index contributed by atoms with van der Waals surface area (Å²) in [6.07, 6.45) is -2.03. The third-order valence-corrected chi connectivity index (χ3v) is 4.33. The summed E-state index contributed by atoms with van der Waals surface area (Å²) in [7, 11) is 0. The lowest BCUT2D eigenvalue weighted by atomic mass is 10.1. The first kappa shape index (κ1) is 16.8. The lowest BCUT2D eigenvalue weighted by Gasteiger charge is -2.17. The minimum Gasteiger partial charge on any atom is -0.301 e. The maximum absolute atomic E-state index is 12.9. The molecule has 1 aliphatic heterocycles. The van der Waals surface area contributed by atoms with E-state index in [0.29, 0.717) is 25.0 Å². The van der Waals surface area contributed by atoms with Crippen molar-refractivity contribution < 1.29 is 18.0 Å². The van der Waals surface area contributed by atoms with Crippen LogP contribution in [0.1, 0.15) is 35.8 Å². The first-order valence-electron chi connectivity index (χ1n) is 7.30. The van der Waals surface area contributed by atoms with Gasteiger partial charge in [0.15, 0.2) is 0 Å².